The van der Waals surface area contributed by atoms with Crippen molar-refractivity contribution < 1.29 is 4.52 Å². The lowest BCUT2D eigenvalue weighted by molar-refractivity contribution is 0.379. The summed E-state index contributed by atoms with van der Waals surface area (Å²) in [5.74, 6) is 0.549. The molecule has 7 heteroatoms. The van der Waals surface area contributed by atoms with E-state index in [1.807, 2.05) is 26.0 Å². The largest absolute Gasteiger partial charge is 0.441 e. The third-order valence-corrected chi connectivity index (χ3v) is 3.20. The maximum atomic E-state index is 11.2. The van der Waals surface area contributed by atoms with Gasteiger partial charge in [0.15, 0.2) is 11.6 Å². The summed E-state index contributed by atoms with van der Waals surface area (Å²) in [4.78, 5) is 15.5. The first-order chi connectivity index (χ1) is 10.5. The number of hydrogen-bond acceptors (Lipinski definition) is 5. The Morgan fingerprint density at radius 2 is 1.91 bits per heavy atom. The molecule has 0 aliphatic rings. The van der Waals surface area contributed by atoms with Gasteiger partial charge in [0, 0.05) is 24.9 Å². The molecule has 0 saturated carbocycles. The van der Waals surface area contributed by atoms with Gasteiger partial charge in [0.1, 0.15) is 6.33 Å². The van der Waals surface area contributed by atoms with Crippen LogP contribution in [-0.4, -0.2) is 24.5 Å². The summed E-state index contributed by atoms with van der Waals surface area (Å²) >= 11 is 0. The molecule has 0 saturated heterocycles. The average molecular weight is 297 g/mol. The van der Waals surface area contributed by atoms with Gasteiger partial charge in [-0.15, -0.1) is 5.10 Å². The van der Waals surface area contributed by atoms with Crippen molar-refractivity contribution >= 4 is 12.3 Å². The molecule has 0 fully saturated rings. The molecule has 0 atom stereocenters. The van der Waals surface area contributed by atoms with Crippen LogP contribution >= 0.6 is 0 Å². The fraction of sp³-hybridized carbons (Fsp3) is 0.200. The highest BCUT2D eigenvalue weighted by atomic mass is 16.5. The van der Waals surface area contributed by atoms with Gasteiger partial charge in [0.25, 0.3) is 0 Å². The molecule has 3 aromatic rings. The van der Waals surface area contributed by atoms with Crippen molar-refractivity contribution in [3.63, 3.8) is 0 Å². The molecule has 22 heavy (non-hydrogen) atoms. The number of aryl methyl sites for hydroxylation is 2. The summed E-state index contributed by atoms with van der Waals surface area (Å²) in [6.45, 7) is 4.08. The highest BCUT2D eigenvalue weighted by Crippen LogP contribution is 2.18. The highest BCUT2D eigenvalue weighted by molar-refractivity contribution is 5.58. The Hall–Kier alpha value is -2.96. The third kappa shape index (κ3) is 2.73. The molecule has 112 valence electrons. The maximum absolute atomic E-state index is 11.2. The van der Waals surface area contributed by atoms with Crippen molar-refractivity contribution in [1.29, 1.82) is 0 Å². The molecule has 0 bridgehead atoms. The SMILES string of the molecule is Cc1cc(C)cc(-c2ncn(/C=C\c3noc(=O)n3C)n2)c1. The van der Waals surface area contributed by atoms with Crippen molar-refractivity contribution in [2.24, 2.45) is 7.05 Å². The van der Waals surface area contributed by atoms with Crippen LogP contribution in [0.3, 0.4) is 0 Å². The molecule has 2 heterocycles. The van der Waals surface area contributed by atoms with Crippen molar-refractivity contribution in [3.8, 4) is 11.4 Å². The second-order valence-electron chi connectivity index (χ2n) is 5.11. The molecular weight excluding hydrogens is 282 g/mol. The predicted octanol–water partition coefficient (Wildman–Crippen LogP) is 1.88. The first kappa shape index (κ1) is 14.0. The van der Waals surface area contributed by atoms with Gasteiger partial charge in [-0.2, -0.15) is 0 Å². The van der Waals surface area contributed by atoms with E-state index in [0.717, 1.165) is 5.56 Å². The summed E-state index contributed by atoms with van der Waals surface area (Å²) < 4.78 is 7.41. The standard InChI is InChI=1S/C15H15N5O2/c1-10-6-11(2)8-12(7-10)14-16-9-20(17-14)5-4-13-18-22-15(21)19(13)3/h4-9H,1-3H3/b5-4-. The fourth-order valence-electron chi connectivity index (χ4n) is 2.17. The van der Waals surface area contributed by atoms with Crippen LogP contribution in [0, 0.1) is 13.8 Å². The van der Waals surface area contributed by atoms with Gasteiger partial charge in [0.05, 0.1) is 0 Å². The Morgan fingerprint density at radius 1 is 1.18 bits per heavy atom. The molecular formula is C15H15N5O2. The van der Waals surface area contributed by atoms with Gasteiger partial charge in [0.2, 0.25) is 0 Å². The van der Waals surface area contributed by atoms with E-state index in [-0.39, 0.29) is 0 Å². The van der Waals surface area contributed by atoms with E-state index in [1.54, 1.807) is 30.3 Å². The summed E-state index contributed by atoms with van der Waals surface area (Å²) in [6, 6.07) is 6.18. The summed E-state index contributed by atoms with van der Waals surface area (Å²) in [5.41, 5.74) is 3.30. The van der Waals surface area contributed by atoms with Gasteiger partial charge in [-0.1, -0.05) is 22.3 Å². The molecule has 1 aromatic carbocycles. The lowest BCUT2D eigenvalue weighted by Gasteiger charge is -2.00. The van der Waals surface area contributed by atoms with Crippen LogP contribution in [0.4, 0.5) is 0 Å². The normalized spacial score (nSPS) is 11.4. The van der Waals surface area contributed by atoms with Crippen LogP contribution in [0.1, 0.15) is 17.0 Å². The summed E-state index contributed by atoms with van der Waals surface area (Å²) in [6.07, 6.45) is 4.89. The first-order valence-corrected chi connectivity index (χ1v) is 6.73. The minimum atomic E-state index is -0.505. The van der Waals surface area contributed by atoms with Gasteiger partial charge < -0.3 is 0 Å². The second kappa shape index (κ2) is 5.44. The maximum Gasteiger partial charge on any atom is 0.441 e. The molecule has 0 unspecified atom stereocenters. The first-order valence-electron chi connectivity index (χ1n) is 6.73. The number of rotatable bonds is 3. The number of aromatic nitrogens is 5. The Morgan fingerprint density at radius 3 is 2.55 bits per heavy atom. The number of nitrogens with zero attached hydrogens (tertiary/aromatic N) is 5. The minimum absolute atomic E-state index is 0.411. The molecule has 2 aromatic heterocycles. The topological polar surface area (TPSA) is 78.7 Å². The van der Waals surface area contributed by atoms with Crippen LogP contribution in [-0.2, 0) is 7.05 Å². The number of benzene rings is 1. The van der Waals surface area contributed by atoms with Gasteiger partial charge in [-0.25, -0.2) is 14.5 Å². The molecule has 0 spiro atoms. The second-order valence-corrected chi connectivity index (χ2v) is 5.11. The Bertz CT molecular complexity index is 881. The lowest BCUT2D eigenvalue weighted by Crippen LogP contribution is -2.10. The van der Waals surface area contributed by atoms with E-state index in [0.29, 0.717) is 11.6 Å². The van der Waals surface area contributed by atoms with Gasteiger partial charge in [-0.3, -0.25) is 9.09 Å². The van der Waals surface area contributed by atoms with E-state index in [9.17, 15) is 4.79 Å². The predicted molar refractivity (Wildman–Crippen MR) is 81.9 cm³/mol. The zero-order valence-electron chi connectivity index (χ0n) is 12.5. The van der Waals surface area contributed by atoms with Gasteiger partial charge in [-0.05, 0) is 26.0 Å². The zero-order valence-corrected chi connectivity index (χ0v) is 12.5. The van der Waals surface area contributed by atoms with Crippen LogP contribution in [0.5, 0.6) is 0 Å². The molecule has 0 N–H and O–H groups in total. The molecule has 0 radical (unpaired) electrons. The van der Waals surface area contributed by atoms with Crippen LogP contribution in [0.2, 0.25) is 0 Å². The average Bonchev–Trinajstić information content (AvgIpc) is 3.05. The minimum Gasteiger partial charge on any atom is -0.295 e. The summed E-state index contributed by atoms with van der Waals surface area (Å²) in [5, 5.41) is 8.03. The zero-order chi connectivity index (χ0) is 15.7. The lowest BCUT2D eigenvalue weighted by atomic mass is 10.1. The monoisotopic (exact) mass is 297 g/mol. The third-order valence-electron chi connectivity index (χ3n) is 3.20. The smallest absolute Gasteiger partial charge is 0.295 e. The Balaban J connectivity index is 1.87. The highest BCUT2D eigenvalue weighted by Gasteiger charge is 2.05. The fourth-order valence-corrected chi connectivity index (χ4v) is 2.17. The van der Waals surface area contributed by atoms with Crippen LogP contribution < -0.4 is 5.76 Å². The van der Waals surface area contributed by atoms with Crippen molar-refractivity contribution in [1.82, 2.24) is 24.5 Å². The molecule has 0 aliphatic heterocycles. The van der Waals surface area contributed by atoms with Crippen LogP contribution in [0.25, 0.3) is 23.7 Å². The Labute approximate surface area is 126 Å². The van der Waals surface area contributed by atoms with Gasteiger partial charge >= 0.3 is 5.76 Å². The van der Waals surface area contributed by atoms with Crippen molar-refractivity contribution in [3.05, 3.63) is 52.0 Å². The molecule has 0 amide bonds. The van der Waals surface area contributed by atoms with E-state index in [2.05, 4.69) is 25.8 Å². The Kier molecular flexibility index (Phi) is 3.46. The van der Waals surface area contributed by atoms with Crippen LogP contribution in [0.15, 0.2) is 33.8 Å². The van der Waals surface area contributed by atoms with Crippen molar-refractivity contribution in [2.75, 3.05) is 0 Å². The molecule has 7 nitrogen and oxygen atoms in total. The van der Waals surface area contributed by atoms with E-state index in [1.165, 1.54) is 15.7 Å². The summed E-state index contributed by atoms with van der Waals surface area (Å²) in [7, 11) is 1.58. The number of hydrogen-bond donors (Lipinski definition) is 0. The van der Waals surface area contributed by atoms with E-state index < -0.39 is 5.76 Å². The quantitative estimate of drug-likeness (QED) is 0.737. The molecule has 0 aliphatic carbocycles. The molecule has 3 rings (SSSR count). The van der Waals surface area contributed by atoms with Crippen molar-refractivity contribution in [2.45, 2.75) is 13.8 Å². The van der Waals surface area contributed by atoms with E-state index >= 15 is 0 Å². The van der Waals surface area contributed by atoms with E-state index in [4.69, 9.17) is 0 Å².